The Balaban J connectivity index is 1.96. The van der Waals surface area contributed by atoms with Gasteiger partial charge in [-0.1, -0.05) is 6.92 Å². The molecule has 1 N–H and O–H groups in total. The molecule has 0 saturated carbocycles. The summed E-state index contributed by atoms with van der Waals surface area (Å²) in [5, 5.41) is 7.32. The van der Waals surface area contributed by atoms with Gasteiger partial charge in [-0.15, -0.1) is 0 Å². The zero-order valence-electron chi connectivity index (χ0n) is 13.5. The lowest BCUT2D eigenvalue weighted by Crippen LogP contribution is -2.51. The van der Waals surface area contributed by atoms with Gasteiger partial charge in [-0.25, -0.2) is 4.68 Å². The number of rotatable bonds is 5. The van der Waals surface area contributed by atoms with Gasteiger partial charge in [-0.2, -0.15) is 5.10 Å². The van der Waals surface area contributed by atoms with E-state index in [1.807, 2.05) is 17.7 Å². The number of amides is 1. The van der Waals surface area contributed by atoms with E-state index in [-0.39, 0.29) is 18.0 Å². The summed E-state index contributed by atoms with van der Waals surface area (Å²) in [6.07, 6.45) is 2.72. The summed E-state index contributed by atoms with van der Waals surface area (Å²) < 4.78 is 1.88. The zero-order chi connectivity index (χ0) is 15.4. The van der Waals surface area contributed by atoms with Gasteiger partial charge >= 0.3 is 0 Å². The number of carbonyl (C=O) groups is 1. The van der Waals surface area contributed by atoms with E-state index in [0.717, 1.165) is 38.4 Å². The summed E-state index contributed by atoms with van der Waals surface area (Å²) in [7, 11) is 2.12. The van der Waals surface area contributed by atoms with Gasteiger partial charge in [-0.05, 0) is 27.3 Å². The van der Waals surface area contributed by atoms with Crippen molar-refractivity contribution >= 4 is 11.7 Å². The number of carbonyl (C=O) groups excluding carboxylic acids is 1. The van der Waals surface area contributed by atoms with Crippen LogP contribution in [0.1, 0.15) is 33.2 Å². The molecule has 2 heterocycles. The topological polar surface area (TPSA) is 53.4 Å². The predicted molar refractivity (Wildman–Crippen MR) is 84.4 cm³/mol. The van der Waals surface area contributed by atoms with Crippen LogP contribution in [0.15, 0.2) is 12.3 Å². The van der Waals surface area contributed by atoms with Crippen molar-refractivity contribution in [3.8, 4) is 0 Å². The van der Waals surface area contributed by atoms with Crippen LogP contribution >= 0.6 is 0 Å². The fraction of sp³-hybridized carbons (Fsp3) is 0.733. The van der Waals surface area contributed by atoms with E-state index in [9.17, 15) is 4.79 Å². The van der Waals surface area contributed by atoms with Crippen LogP contribution in [0.3, 0.4) is 0 Å². The third-order valence-corrected chi connectivity index (χ3v) is 4.39. The van der Waals surface area contributed by atoms with Crippen LogP contribution in [0.4, 0.5) is 5.82 Å². The molecule has 1 aliphatic rings. The molecule has 118 valence electrons. The first-order valence-corrected chi connectivity index (χ1v) is 7.80. The fourth-order valence-electron chi connectivity index (χ4n) is 2.54. The smallest absolute Gasteiger partial charge is 0.242 e. The lowest BCUT2D eigenvalue weighted by Gasteiger charge is -2.35. The SMILES string of the molecule is CC[C@H](C)n1nccc1NC(=O)[C@H](C)N1CCN(C)CC1. The molecule has 2 atom stereocenters. The third-order valence-electron chi connectivity index (χ3n) is 4.39. The summed E-state index contributed by atoms with van der Waals surface area (Å²) >= 11 is 0. The summed E-state index contributed by atoms with van der Waals surface area (Å²) in [4.78, 5) is 17.0. The summed E-state index contributed by atoms with van der Waals surface area (Å²) in [6.45, 7) is 10.1. The largest absolute Gasteiger partial charge is 0.310 e. The van der Waals surface area contributed by atoms with Crippen molar-refractivity contribution in [3.63, 3.8) is 0 Å². The number of nitrogens with zero attached hydrogens (tertiary/aromatic N) is 4. The van der Waals surface area contributed by atoms with Crippen LogP contribution < -0.4 is 5.32 Å². The number of hydrogen-bond acceptors (Lipinski definition) is 4. The molecule has 1 aromatic heterocycles. The normalized spacial score (nSPS) is 20.2. The fourth-order valence-corrected chi connectivity index (χ4v) is 2.54. The molecule has 0 spiro atoms. The Labute approximate surface area is 127 Å². The van der Waals surface area contributed by atoms with E-state index in [1.54, 1.807) is 6.20 Å². The van der Waals surface area contributed by atoms with Crippen molar-refractivity contribution in [1.29, 1.82) is 0 Å². The van der Waals surface area contributed by atoms with Crippen LogP contribution in [0.25, 0.3) is 0 Å². The lowest BCUT2D eigenvalue weighted by molar-refractivity contribution is -0.121. The van der Waals surface area contributed by atoms with Crippen LogP contribution in [0.2, 0.25) is 0 Å². The molecule has 1 amide bonds. The van der Waals surface area contributed by atoms with Crippen molar-refractivity contribution in [3.05, 3.63) is 12.3 Å². The van der Waals surface area contributed by atoms with Gasteiger partial charge < -0.3 is 10.2 Å². The maximum atomic E-state index is 12.4. The second-order valence-corrected chi connectivity index (χ2v) is 5.92. The molecule has 1 saturated heterocycles. The van der Waals surface area contributed by atoms with Gasteiger partial charge in [0.1, 0.15) is 5.82 Å². The standard InChI is InChI=1S/C15H27N5O/c1-5-12(2)20-14(6-7-16-20)17-15(21)13(3)19-10-8-18(4)9-11-19/h6-7,12-13H,5,8-11H2,1-4H3,(H,17,21)/t12-,13-/m0/s1. The molecular formula is C15H27N5O. The Hall–Kier alpha value is -1.40. The minimum atomic E-state index is -0.112. The monoisotopic (exact) mass is 293 g/mol. The number of aromatic nitrogens is 2. The third kappa shape index (κ3) is 3.83. The van der Waals surface area contributed by atoms with Gasteiger partial charge in [0.25, 0.3) is 0 Å². The lowest BCUT2D eigenvalue weighted by atomic mass is 10.2. The molecule has 0 unspecified atom stereocenters. The number of piperazine rings is 1. The van der Waals surface area contributed by atoms with Crippen molar-refractivity contribution in [1.82, 2.24) is 19.6 Å². The molecule has 0 bridgehead atoms. The van der Waals surface area contributed by atoms with E-state index < -0.39 is 0 Å². The minimum absolute atomic E-state index is 0.0459. The van der Waals surface area contributed by atoms with E-state index >= 15 is 0 Å². The van der Waals surface area contributed by atoms with Crippen molar-refractivity contribution in [2.24, 2.45) is 0 Å². The average molecular weight is 293 g/mol. The minimum Gasteiger partial charge on any atom is -0.310 e. The molecule has 1 aromatic rings. The van der Waals surface area contributed by atoms with Gasteiger partial charge in [0.05, 0.1) is 18.3 Å². The number of nitrogens with one attached hydrogen (secondary N) is 1. The maximum Gasteiger partial charge on any atom is 0.242 e. The molecular weight excluding hydrogens is 266 g/mol. The predicted octanol–water partition coefficient (Wildman–Crippen LogP) is 1.43. The quantitative estimate of drug-likeness (QED) is 0.892. The van der Waals surface area contributed by atoms with Crippen LogP contribution in [0, 0.1) is 0 Å². The van der Waals surface area contributed by atoms with Crippen molar-refractivity contribution in [2.45, 2.75) is 39.3 Å². The van der Waals surface area contributed by atoms with Crippen molar-refractivity contribution in [2.75, 3.05) is 38.5 Å². The van der Waals surface area contributed by atoms with Gasteiger partial charge in [0.2, 0.25) is 5.91 Å². The summed E-state index contributed by atoms with van der Waals surface area (Å²) in [5.41, 5.74) is 0. The van der Waals surface area contributed by atoms with E-state index in [1.165, 1.54) is 0 Å². The highest BCUT2D eigenvalue weighted by molar-refractivity contribution is 5.93. The molecule has 6 nitrogen and oxygen atoms in total. The molecule has 1 aliphatic heterocycles. The second-order valence-electron chi connectivity index (χ2n) is 5.92. The Morgan fingerprint density at radius 2 is 2.00 bits per heavy atom. The van der Waals surface area contributed by atoms with Gasteiger partial charge in [-0.3, -0.25) is 9.69 Å². The van der Waals surface area contributed by atoms with Crippen molar-refractivity contribution < 1.29 is 4.79 Å². The highest BCUT2D eigenvalue weighted by Gasteiger charge is 2.25. The van der Waals surface area contributed by atoms with Crippen LogP contribution in [-0.4, -0.2) is 64.8 Å². The molecule has 0 aliphatic carbocycles. The first-order chi connectivity index (χ1) is 10.0. The Morgan fingerprint density at radius 1 is 1.33 bits per heavy atom. The van der Waals surface area contributed by atoms with Crippen LogP contribution in [-0.2, 0) is 4.79 Å². The van der Waals surface area contributed by atoms with E-state index in [4.69, 9.17) is 0 Å². The van der Waals surface area contributed by atoms with Gasteiger partial charge in [0, 0.05) is 32.2 Å². The summed E-state index contributed by atoms with van der Waals surface area (Å²) in [6, 6.07) is 2.04. The zero-order valence-corrected chi connectivity index (χ0v) is 13.5. The van der Waals surface area contributed by atoms with E-state index in [2.05, 4.69) is 41.1 Å². The molecule has 6 heteroatoms. The van der Waals surface area contributed by atoms with E-state index in [0.29, 0.717) is 0 Å². The number of hydrogen-bond donors (Lipinski definition) is 1. The number of likely N-dealkylation sites (N-methyl/N-ethyl adjacent to an activating group) is 1. The molecule has 21 heavy (non-hydrogen) atoms. The molecule has 1 fully saturated rings. The highest BCUT2D eigenvalue weighted by atomic mass is 16.2. The highest BCUT2D eigenvalue weighted by Crippen LogP contribution is 2.17. The maximum absolute atomic E-state index is 12.4. The Morgan fingerprint density at radius 3 is 2.62 bits per heavy atom. The first kappa shape index (κ1) is 16.0. The molecule has 0 radical (unpaired) electrons. The Kier molecular flexibility index (Phi) is 5.36. The summed E-state index contributed by atoms with van der Waals surface area (Å²) in [5.74, 6) is 0.833. The van der Waals surface area contributed by atoms with Gasteiger partial charge in [0.15, 0.2) is 0 Å². The second kappa shape index (κ2) is 7.04. The first-order valence-electron chi connectivity index (χ1n) is 7.80. The average Bonchev–Trinajstić information content (AvgIpc) is 2.94. The van der Waals surface area contributed by atoms with Crippen LogP contribution in [0.5, 0.6) is 0 Å². The molecule has 0 aromatic carbocycles. The molecule has 2 rings (SSSR count). The number of anilines is 1. The Bertz CT molecular complexity index is 464.